The van der Waals surface area contributed by atoms with Gasteiger partial charge in [-0.2, -0.15) is 0 Å². The van der Waals surface area contributed by atoms with Crippen molar-refractivity contribution in [3.8, 4) is 5.75 Å². The summed E-state index contributed by atoms with van der Waals surface area (Å²) in [5.74, 6) is 0.780. The summed E-state index contributed by atoms with van der Waals surface area (Å²) in [5, 5.41) is 0. The molecule has 1 heterocycles. The van der Waals surface area contributed by atoms with E-state index in [0.717, 1.165) is 18.4 Å². The minimum absolute atomic E-state index is 0.0507. The topological polar surface area (TPSA) is 75.7 Å². The molecule has 2 aromatic rings. The number of nitrogens with zero attached hydrogens (tertiary/aromatic N) is 1. The molecule has 1 atom stereocenters. The number of rotatable bonds is 6. The second-order valence-corrected chi connectivity index (χ2v) is 9.30. The highest BCUT2D eigenvalue weighted by Crippen LogP contribution is 2.27. The molecule has 1 fully saturated rings. The molecule has 7 heteroatoms. The van der Waals surface area contributed by atoms with Gasteiger partial charge in [-0.1, -0.05) is 37.3 Å². The van der Waals surface area contributed by atoms with Gasteiger partial charge in [0.1, 0.15) is 5.75 Å². The highest BCUT2D eigenvalue weighted by atomic mass is 32.2. The van der Waals surface area contributed by atoms with Crippen LogP contribution in [0.4, 0.5) is 0 Å². The number of ether oxygens (including phenoxy) is 1. The highest BCUT2D eigenvalue weighted by molar-refractivity contribution is 7.89. The summed E-state index contributed by atoms with van der Waals surface area (Å²) >= 11 is 0. The standard InChI is InChI=1S/C22H28N2O4S/c1-16-11-13-24(14-12-16)22(25)20-15-19(9-10-21(20)28-3)29(26,27)23-17(2)18-7-5-4-6-8-18/h4-10,15-17,23H,11-14H2,1-3H3/t17-/m1/s1. The normalized spacial score (nSPS) is 16.4. The average Bonchev–Trinajstić information content (AvgIpc) is 2.73. The van der Waals surface area contributed by atoms with E-state index in [9.17, 15) is 13.2 Å². The third-order valence-corrected chi connectivity index (χ3v) is 6.95. The van der Waals surface area contributed by atoms with Crippen molar-refractivity contribution in [1.82, 2.24) is 9.62 Å². The fourth-order valence-corrected chi connectivity index (χ4v) is 4.77. The number of hydrogen-bond donors (Lipinski definition) is 1. The lowest BCUT2D eigenvalue weighted by molar-refractivity contribution is 0.0693. The minimum Gasteiger partial charge on any atom is -0.496 e. The number of sulfonamides is 1. The van der Waals surface area contributed by atoms with Crippen molar-refractivity contribution in [2.24, 2.45) is 5.92 Å². The molecule has 29 heavy (non-hydrogen) atoms. The molecule has 0 aromatic heterocycles. The van der Waals surface area contributed by atoms with Crippen molar-refractivity contribution in [2.75, 3.05) is 20.2 Å². The summed E-state index contributed by atoms with van der Waals surface area (Å²) in [7, 11) is -2.32. The Morgan fingerprint density at radius 3 is 2.41 bits per heavy atom. The maximum Gasteiger partial charge on any atom is 0.257 e. The van der Waals surface area contributed by atoms with Crippen molar-refractivity contribution in [1.29, 1.82) is 0 Å². The van der Waals surface area contributed by atoms with Crippen LogP contribution in [0.3, 0.4) is 0 Å². The van der Waals surface area contributed by atoms with Crippen molar-refractivity contribution in [2.45, 2.75) is 37.6 Å². The van der Waals surface area contributed by atoms with Crippen LogP contribution in [0.15, 0.2) is 53.4 Å². The van der Waals surface area contributed by atoms with Crippen LogP contribution in [0.25, 0.3) is 0 Å². The highest BCUT2D eigenvalue weighted by Gasteiger charge is 2.26. The molecule has 2 aromatic carbocycles. The van der Waals surface area contributed by atoms with E-state index in [2.05, 4.69) is 11.6 Å². The molecule has 0 saturated carbocycles. The summed E-state index contributed by atoms with van der Waals surface area (Å²) in [4.78, 5) is 14.9. The first-order valence-corrected chi connectivity index (χ1v) is 11.3. The summed E-state index contributed by atoms with van der Waals surface area (Å²) in [6.45, 7) is 5.30. The molecule has 1 amide bonds. The number of methoxy groups -OCH3 is 1. The molecular weight excluding hydrogens is 388 g/mol. The summed E-state index contributed by atoms with van der Waals surface area (Å²) in [5.41, 5.74) is 1.14. The molecule has 6 nitrogen and oxygen atoms in total. The third-order valence-electron chi connectivity index (χ3n) is 5.41. The van der Waals surface area contributed by atoms with Gasteiger partial charge in [-0.3, -0.25) is 4.79 Å². The first-order chi connectivity index (χ1) is 13.8. The number of benzene rings is 2. The maximum absolute atomic E-state index is 13.0. The maximum atomic E-state index is 13.0. The second kappa shape index (κ2) is 8.97. The van der Waals surface area contributed by atoms with Crippen LogP contribution in [0.1, 0.15) is 48.7 Å². The van der Waals surface area contributed by atoms with Crippen molar-refractivity contribution in [3.63, 3.8) is 0 Å². The quantitative estimate of drug-likeness (QED) is 0.781. The smallest absolute Gasteiger partial charge is 0.257 e. The number of amides is 1. The van der Waals surface area contributed by atoms with Gasteiger partial charge >= 0.3 is 0 Å². The summed E-state index contributed by atoms with van der Waals surface area (Å²) in [6.07, 6.45) is 1.89. The predicted octanol–water partition coefficient (Wildman–Crippen LogP) is 3.61. The lowest BCUT2D eigenvalue weighted by Crippen LogP contribution is -2.38. The van der Waals surface area contributed by atoms with E-state index in [-0.39, 0.29) is 16.4 Å². The van der Waals surface area contributed by atoms with E-state index in [0.29, 0.717) is 24.8 Å². The van der Waals surface area contributed by atoms with Crippen molar-refractivity contribution >= 4 is 15.9 Å². The van der Waals surface area contributed by atoms with E-state index in [1.807, 2.05) is 30.3 Å². The number of nitrogens with one attached hydrogen (secondary N) is 1. The van der Waals surface area contributed by atoms with Crippen LogP contribution in [0.2, 0.25) is 0 Å². The van der Waals surface area contributed by atoms with E-state index < -0.39 is 16.1 Å². The van der Waals surface area contributed by atoms with Gasteiger partial charge in [0, 0.05) is 19.1 Å². The van der Waals surface area contributed by atoms with Gasteiger partial charge in [-0.15, -0.1) is 0 Å². The Morgan fingerprint density at radius 1 is 1.14 bits per heavy atom. The Balaban J connectivity index is 1.86. The van der Waals surface area contributed by atoms with Gasteiger partial charge in [0.15, 0.2) is 0 Å². The van der Waals surface area contributed by atoms with E-state index in [1.54, 1.807) is 17.9 Å². The van der Waals surface area contributed by atoms with Gasteiger partial charge in [0.25, 0.3) is 5.91 Å². The average molecular weight is 417 g/mol. The molecule has 1 aliphatic rings. The Bertz CT molecular complexity index is 952. The Labute approximate surface area is 172 Å². The molecule has 1 saturated heterocycles. The zero-order valence-corrected chi connectivity index (χ0v) is 17.9. The largest absolute Gasteiger partial charge is 0.496 e. The zero-order valence-electron chi connectivity index (χ0n) is 17.1. The molecule has 0 spiro atoms. The lowest BCUT2D eigenvalue weighted by atomic mass is 9.98. The Hall–Kier alpha value is -2.38. The van der Waals surface area contributed by atoms with E-state index >= 15 is 0 Å². The fraction of sp³-hybridized carbons (Fsp3) is 0.409. The van der Waals surface area contributed by atoms with Crippen LogP contribution in [0, 0.1) is 5.92 Å². The summed E-state index contributed by atoms with van der Waals surface area (Å²) in [6, 6.07) is 13.4. The number of piperidine rings is 1. The van der Waals surface area contributed by atoms with Gasteiger partial charge in [-0.05, 0) is 49.4 Å². The second-order valence-electron chi connectivity index (χ2n) is 7.59. The van der Waals surface area contributed by atoms with Crippen molar-refractivity contribution < 1.29 is 17.9 Å². The monoisotopic (exact) mass is 416 g/mol. The van der Waals surface area contributed by atoms with Crippen molar-refractivity contribution in [3.05, 3.63) is 59.7 Å². The first kappa shape index (κ1) is 21.3. The van der Waals surface area contributed by atoms with Crippen LogP contribution in [-0.4, -0.2) is 39.4 Å². The minimum atomic E-state index is -3.80. The van der Waals surface area contributed by atoms with Gasteiger partial charge in [0.05, 0.1) is 17.6 Å². The van der Waals surface area contributed by atoms with Crippen LogP contribution in [-0.2, 0) is 10.0 Å². The van der Waals surface area contributed by atoms with Gasteiger partial charge in [0.2, 0.25) is 10.0 Å². The Morgan fingerprint density at radius 2 is 1.79 bits per heavy atom. The molecule has 0 radical (unpaired) electrons. The first-order valence-electron chi connectivity index (χ1n) is 9.86. The molecule has 1 aliphatic heterocycles. The zero-order chi connectivity index (χ0) is 21.0. The molecule has 3 rings (SSSR count). The predicted molar refractivity (Wildman–Crippen MR) is 112 cm³/mol. The van der Waals surface area contributed by atoms with Crippen LogP contribution < -0.4 is 9.46 Å². The fourth-order valence-electron chi connectivity index (χ4n) is 3.51. The van der Waals surface area contributed by atoms with Crippen LogP contribution in [0.5, 0.6) is 5.75 Å². The number of hydrogen-bond acceptors (Lipinski definition) is 4. The molecule has 0 bridgehead atoms. The summed E-state index contributed by atoms with van der Waals surface area (Å²) < 4.78 is 33.9. The molecule has 156 valence electrons. The van der Waals surface area contributed by atoms with E-state index in [4.69, 9.17) is 4.74 Å². The number of carbonyl (C=O) groups excluding carboxylic acids is 1. The lowest BCUT2D eigenvalue weighted by Gasteiger charge is -2.30. The van der Waals surface area contributed by atoms with E-state index in [1.165, 1.54) is 19.2 Å². The third kappa shape index (κ3) is 4.97. The van der Waals surface area contributed by atoms with Crippen LogP contribution >= 0.6 is 0 Å². The molecule has 1 N–H and O–H groups in total. The number of carbonyl (C=O) groups is 1. The molecule has 0 unspecified atom stereocenters. The Kier molecular flexibility index (Phi) is 6.59. The van der Waals surface area contributed by atoms with Gasteiger partial charge in [-0.25, -0.2) is 13.1 Å². The molecular formula is C22H28N2O4S. The number of likely N-dealkylation sites (tertiary alicyclic amines) is 1. The molecule has 0 aliphatic carbocycles. The SMILES string of the molecule is COc1ccc(S(=O)(=O)N[C@H](C)c2ccccc2)cc1C(=O)N1CCC(C)CC1. The van der Waals surface area contributed by atoms with Gasteiger partial charge < -0.3 is 9.64 Å².